The van der Waals surface area contributed by atoms with Crippen molar-refractivity contribution >= 4 is 31.7 Å². The molecule has 2 atom stereocenters. The molecule has 0 unspecified atom stereocenters. The van der Waals surface area contributed by atoms with Crippen molar-refractivity contribution in [3.05, 3.63) is 34.3 Å². The average molecular weight is 389 g/mol. The van der Waals surface area contributed by atoms with E-state index in [1.54, 1.807) is 23.1 Å². The van der Waals surface area contributed by atoms with E-state index in [2.05, 4.69) is 21.2 Å². The monoisotopic (exact) mass is 388 g/mol. The van der Waals surface area contributed by atoms with Gasteiger partial charge in [0.2, 0.25) is 5.91 Å². The summed E-state index contributed by atoms with van der Waals surface area (Å²) in [6.07, 6.45) is 0. The number of piperazine rings is 1. The van der Waals surface area contributed by atoms with Crippen LogP contribution in [0.25, 0.3) is 0 Å². The van der Waals surface area contributed by atoms with Gasteiger partial charge in [-0.2, -0.15) is 0 Å². The number of nitrogens with zero attached hydrogens (tertiary/aromatic N) is 1. The van der Waals surface area contributed by atoms with Crippen LogP contribution in [0.3, 0.4) is 0 Å². The van der Waals surface area contributed by atoms with Crippen molar-refractivity contribution in [2.45, 2.75) is 31.7 Å². The van der Waals surface area contributed by atoms with E-state index >= 15 is 0 Å². The fourth-order valence-electron chi connectivity index (χ4n) is 2.74. The van der Waals surface area contributed by atoms with Gasteiger partial charge in [0.25, 0.3) is 0 Å². The highest BCUT2D eigenvalue weighted by Crippen LogP contribution is 2.15. The SMILES string of the molecule is C[C@@H]1CN(C(=O)CS(=O)(=O)Cc2cccc(Br)c2)C[C@@H](C)N1. The van der Waals surface area contributed by atoms with E-state index in [0.717, 1.165) is 4.47 Å². The van der Waals surface area contributed by atoms with E-state index in [-0.39, 0.29) is 23.7 Å². The maximum Gasteiger partial charge on any atom is 0.237 e. The predicted octanol–water partition coefficient (Wildman–Crippen LogP) is 1.57. The van der Waals surface area contributed by atoms with Crippen LogP contribution in [-0.4, -0.2) is 50.2 Å². The molecule has 0 saturated carbocycles. The Morgan fingerprint density at radius 2 is 1.95 bits per heavy atom. The lowest BCUT2D eigenvalue weighted by atomic mass is 10.1. The van der Waals surface area contributed by atoms with Crippen LogP contribution in [-0.2, 0) is 20.4 Å². The van der Waals surface area contributed by atoms with E-state index < -0.39 is 15.6 Å². The van der Waals surface area contributed by atoms with E-state index in [0.29, 0.717) is 18.7 Å². The topological polar surface area (TPSA) is 66.5 Å². The third-order valence-electron chi connectivity index (χ3n) is 3.53. The van der Waals surface area contributed by atoms with Crippen molar-refractivity contribution in [1.82, 2.24) is 10.2 Å². The van der Waals surface area contributed by atoms with Gasteiger partial charge in [0.1, 0.15) is 5.75 Å². The Hall–Kier alpha value is -0.920. The van der Waals surface area contributed by atoms with E-state index in [1.165, 1.54) is 0 Å². The first-order valence-electron chi connectivity index (χ1n) is 7.24. The van der Waals surface area contributed by atoms with Crippen LogP contribution in [0.15, 0.2) is 28.7 Å². The van der Waals surface area contributed by atoms with Crippen LogP contribution in [0.4, 0.5) is 0 Å². The maximum atomic E-state index is 12.3. The molecule has 22 heavy (non-hydrogen) atoms. The summed E-state index contributed by atoms with van der Waals surface area (Å²) in [4.78, 5) is 13.9. The smallest absolute Gasteiger partial charge is 0.237 e. The van der Waals surface area contributed by atoms with Gasteiger partial charge >= 0.3 is 0 Å². The zero-order valence-electron chi connectivity index (χ0n) is 12.8. The fourth-order valence-corrected chi connectivity index (χ4v) is 4.54. The van der Waals surface area contributed by atoms with Gasteiger partial charge in [0.15, 0.2) is 9.84 Å². The van der Waals surface area contributed by atoms with Crippen LogP contribution in [0.1, 0.15) is 19.4 Å². The van der Waals surface area contributed by atoms with Gasteiger partial charge in [0, 0.05) is 29.6 Å². The van der Waals surface area contributed by atoms with Crippen LogP contribution in [0.2, 0.25) is 0 Å². The Bertz CT molecular complexity index is 638. The second kappa shape index (κ2) is 7.10. The predicted molar refractivity (Wildman–Crippen MR) is 90.3 cm³/mol. The molecule has 0 radical (unpaired) electrons. The van der Waals surface area contributed by atoms with Crippen molar-refractivity contribution in [3.8, 4) is 0 Å². The van der Waals surface area contributed by atoms with Gasteiger partial charge in [0.05, 0.1) is 5.75 Å². The first-order valence-corrected chi connectivity index (χ1v) is 9.85. The highest BCUT2D eigenvalue weighted by molar-refractivity contribution is 9.10. The number of hydrogen-bond acceptors (Lipinski definition) is 4. The van der Waals surface area contributed by atoms with Gasteiger partial charge in [-0.25, -0.2) is 8.42 Å². The maximum absolute atomic E-state index is 12.3. The van der Waals surface area contributed by atoms with Gasteiger partial charge in [-0.15, -0.1) is 0 Å². The first kappa shape index (κ1) is 17.4. The molecule has 1 aromatic carbocycles. The molecule has 1 amide bonds. The highest BCUT2D eigenvalue weighted by Gasteiger charge is 2.28. The quantitative estimate of drug-likeness (QED) is 0.849. The number of benzene rings is 1. The van der Waals surface area contributed by atoms with Crippen LogP contribution >= 0.6 is 15.9 Å². The summed E-state index contributed by atoms with van der Waals surface area (Å²) < 4.78 is 25.3. The molecule has 1 N–H and O–H groups in total. The van der Waals surface area contributed by atoms with E-state index in [1.807, 2.05) is 19.9 Å². The number of carbonyl (C=O) groups is 1. The minimum Gasteiger partial charge on any atom is -0.339 e. The molecular weight excluding hydrogens is 368 g/mol. The summed E-state index contributed by atoms with van der Waals surface area (Å²) in [6, 6.07) is 7.50. The number of sulfone groups is 1. The Balaban J connectivity index is 2.00. The van der Waals surface area contributed by atoms with Crippen LogP contribution < -0.4 is 5.32 Å². The van der Waals surface area contributed by atoms with Crippen molar-refractivity contribution in [3.63, 3.8) is 0 Å². The zero-order chi connectivity index (χ0) is 16.3. The van der Waals surface area contributed by atoms with Gasteiger partial charge in [-0.3, -0.25) is 4.79 Å². The Labute approximate surface area is 140 Å². The zero-order valence-corrected chi connectivity index (χ0v) is 15.2. The fraction of sp³-hybridized carbons (Fsp3) is 0.533. The number of rotatable bonds is 4. The number of nitrogens with one attached hydrogen (secondary N) is 1. The number of amides is 1. The lowest BCUT2D eigenvalue weighted by Crippen LogP contribution is -2.56. The van der Waals surface area contributed by atoms with Crippen LogP contribution in [0, 0.1) is 0 Å². The molecule has 0 aromatic heterocycles. The Morgan fingerprint density at radius 1 is 1.32 bits per heavy atom. The minimum absolute atomic E-state index is 0.116. The second-order valence-corrected chi connectivity index (χ2v) is 8.91. The first-order chi connectivity index (χ1) is 10.2. The molecule has 122 valence electrons. The van der Waals surface area contributed by atoms with Gasteiger partial charge < -0.3 is 10.2 Å². The molecule has 1 saturated heterocycles. The van der Waals surface area contributed by atoms with Crippen molar-refractivity contribution < 1.29 is 13.2 Å². The summed E-state index contributed by atoms with van der Waals surface area (Å²) in [5, 5.41) is 3.32. The highest BCUT2D eigenvalue weighted by atomic mass is 79.9. The van der Waals surface area contributed by atoms with Crippen LogP contribution in [0.5, 0.6) is 0 Å². The standard InChI is InChI=1S/C15H21BrN2O3S/c1-11-7-18(8-12(2)17-11)15(19)10-22(20,21)9-13-4-3-5-14(16)6-13/h3-6,11-12,17H,7-10H2,1-2H3/t11-,12-/m1/s1. The lowest BCUT2D eigenvalue weighted by molar-refractivity contribution is -0.130. The lowest BCUT2D eigenvalue weighted by Gasteiger charge is -2.36. The van der Waals surface area contributed by atoms with E-state index in [4.69, 9.17) is 0 Å². The molecule has 0 aliphatic carbocycles. The Morgan fingerprint density at radius 3 is 2.55 bits per heavy atom. The summed E-state index contributed by atoms with van der Waals surface area (Å²) >= 11 is 3.32. The molecular formula is C15H21BrN2O3S. The number of hydrogen-bond donors (Lipinski definition) is 1. The molecule has 0 bridgehead atoms. The minimum atomic E-state index is -3.47. The van der Waals surface area contributed by atoms with Gasteiger partial charge in [-0.05, 0) is 31.5 Å². The molecule has 2 rings (SSSR count). The molecule has 1 aliphatic heterocycles. The second-order valence-electron chi connectivity index (χ2n) is 5.93. The summed E-state index contributed by atoms with van der Waals surface area (Å²) in [5.41, 5.74) is 0.684. The number of halogens is 1. The molecule has 1 heterocycles. The summed E-state index contributed by atoms with van der Waals surface area (Å²) in [6.45, 7) is 5.09. The normalized spacial score (nSPS) is 22.6. The summed E-state index contributed by atoms with van der Waals surface area (Å²) in [7, 11) is -3.47. The van der Waals surface area contributed by atoms with Gasteiger partial charge in [-0.1, -0.05) is 28.1 Å². The molecule has 1 fully saturated rings. The molecule has 1 aromatic rings. The average Bonchev–Trinajstić information content (AvgIpc) is 2.36. The van der Waals surface area contributed by atoms with E-state index in [9.17, 15) is 13.2 Å². The summed E-state index contributed by atoms with van der Waals surface area (Å²) in [5.74, 6) is -0.857. The van der Waals surface area contributed by atoms with Crippen molar-refractivity contribution in [1.29, 1.82) is 0 Å². The largest absolute Gasteiger partial charge is 0.339 e. The molecule has 0 spiro atoms. The molecule has 7 heteroatoms. The van der Waals surface area contributed by atoms with Crippen molar-refractivity contribution in [2.75, 3.05) is 18.8 Å². The Kier molecular flexibility index (Phi) is 5.63. The van der Waals surface area contributed by atoms with Crippen molar-refractivity contribution in [2.24, 2.45) is 0 Å². The number of carbonyl (C=O) groups excluding carboxylic acids is 1. The molecule has 1 aliphatic rings. The third kappa shape index (κ3) is 5.07. The third-order valence-corrected chi connectivity index (χ3v) is 5.48. The molecule has 5 nitrogen and oxygen atoms in total.